The van der Waals surface area contributed by atoms with Crippen LogP contribution in [0.15, 0.2) is 18.2 Å². The van der Waals surface area contributed by atoms with Crippen molar-refractivity contribution in [2.45, 2.75) is 25.8 Å². The molecule has 2 saturated heterocycles. The molecule has 4 nitrogen and oxygen atoms in total. The van der Waals surface area contributed by atoms with Crippen LogP contribution in [-0.2, 0) is 11.3 Å². The Kier molecular flexibility index (Phi) is 3.08. The van der Waals surface area contributed by atoms with Crippen LogP contribution < -0.4 is 9.47 Å². The topological polar surface area (TPSA) is 30.9 Å². The summed E-state index contributed by atoms with van der Waals surface area (Å²) < 4.78 is 16.5. The van der Waals surface area contributed by atoms with Crippen molar-refractivity contribution in [1.82, 2.24) is 4.90 Å². The molecule has 0 N–H and O–H groups in total. The average molecular weight is 275 g/mol. The molecular weight excluding hydrogens is 254 g/mol. The number of benzene rings is 1. The summed E-state index contributed by atoms with van der Waals surface area (Å²) in [4.78, 5) is 2.57. The van der Waals surface area contributed by atoms with Gasteiger partial charge in [-0.2, -0.15) is 0 Å². The van der Waals surface area contributed by atoms with Crippen molar-refractivity contribution in [2.75, 3.05) is 33.1 Å². The van der Waals surface area contributed by atoms with Crippen molar-refractivity contribution in [3.63, 3.8) is 0 Å². The normalized spacial score (nSPS) is 29.2. The van der Waals surface area contributed by atoms with Crippen LogP contribution in [0, 0.1) is 5.41 Å². The van der Waals surface area contributed by atoms with Crippen molar-refractivity contribution in [1.29, 1.82) is 0 Å². The zero-order chi connectivity index (χ0) is 13.4. The molecule has 1 atom stereocenters. The highest BCUT2D eigenvalue weighted by Crippen LogP contribution is 2.38. The summed E-state index contributed by atoms with van der Waals surface area (Å²) in [6, 6.07) is 6.30. The molecule has 4 rings (SSSR count). The van der Waals surface area contributed by atoms with Crippen molar-refractivity contribution in [3.8, 4) is 11.5 Å². The second-order valence-corrected chi connectivity index (χ2v) is 6.30. The largest absolute Gasteiger partial charge is 0.454 e. The molecule has 0 bridgehead atoms. The van der Waals surface area contributed by atoms with E-state index in [1.807, 2.05) is 6.07 Å². The molecule has 108 valence electrons. The Balaban J connectivity index is 1.46. The van der Waals surface area contributed by atoms with E-state index in [0.29, 0.717) is 12.2 Å². The molecule has 0 amide bonds. The third kappa shape index (κ3) is 2.27. The molecule has 1 aromatic carbocycles. The van der Waals surface area contributed by atoms with Gasteiger partial charge in [0, 0.05) is 25.1 Å². The summed E-state index contributed by atoms with van der Waals surface area (Å²) in [5, 5.41) is 0. The number of rotatable bonds is 2. The van der Waals surface area contributed by atoms with Gasteiger partial charge in [-0.05, 0) is 43.5 Å². The fourth-order valence-electron chi connectivity index (χ4n) is 3.71. The summed E-state index contributed by atoms with van der Waals surface area (Å²) in [5.74, 6) is 1.76. The Morgan fingerprint density at radius 1 is 1.15 bits per heavy atom. The van der Waals surface area contributed by atoms with Gasteiger partial charge in [0.05, 0.1) is 6.61 Å². The van der Waals surface area contributed by atoms with Gasteiger partial charge in [-0.15, -0.1) is 0 Å². The second-order valence-electron chi connectivity index (χ2n) is 6.30. The lowest BCUT2D eigenvalue weighted by Crippen LogP contribution is -2.43. The number of likely N-dealkylation sites (tertiary alicyclic amines) is 1. The van der Waals surface area contributed by atoms with Crippen LogP contribution in [0.3, 0.4) is 0 Å². The van der Waals surface area contributed by atoms with E-state index in [4.69, 9.17) is 14.2 Å². The number of piperidine rings is 1. The quantitative estimate of drug-likeness (QED) is 0.829. The van der Waals surface area contributed by atoms with Gasteiger partial charge in [-0.1, -0.05) is 6.07 Å². The van der Waals surface area contributed by atoms with E-state index in [1.165, 1.54) is 37.9 Å². The Morgan fingerprint density at radius 3 is 3.00 bits per heavy atom. The van der Waals surface area contributed by atoms with Crippen LogP contribution in [0.5, 0.6) is 11.5 Å². The van der Waals surface area contributed by atoms with Crippen LogP contribution in [0.2, 0.25) is 0 Å². The van der Waals surface area contributed by atoms with Gasteiger partial charge < -0.3 is 14.2 Å². The van der Waals surface area contributed by atoms with Crippen LogP contribution in [0.25, 0.3) is 0 Å². The number of hydrogen-bond donors (Lipinski definition) is 0. The first-order valence-corrected chi connectivity index (χ1v) is 7.52. The number of nitrogens with zero attached hydrogens (tertiary/aromatic N) is 1. The predicted molar refractivity (Wildman–Crippen MR) is 74.9 cm³/mol. The molecule has 0 radical (unpaired) electrons. The van der Waals surface area contributed by atoms with E-state index >= 15 is 0 Å². The van der Waals surface area contributed by atoms with Gasteiger partial charge in [-0.25, -0.2) is 0 Å². The van der Waals surface area contributed by atoms with E-state index in [0.717, 1.165) is 31.3 Å². The molecular formula is C16H21NO3. The van der Waals surface area contributed by atoms with Crippen LogP contribution >= 0.6 is 0 Å². The molecule has 1 aromatic rings. The smallest absolute Gasteiger partial charge is 0.231 e. The van der Waals surface area contributed by atoms with Crippen LogP contribution in [0.1, 0.15) is 24.8 Å². The first-order valence-electron chi connectivity index (χ1n) is 7.52. The van der Waals surface area contributed by atoms with Crippen molar-refractivity contribution in [2.24, 2.45) is 5.41 Å². The van der Waals surface area contributed by atoms with Gasteiger partial charge in [-0.3, -0.25) is 4.90 Å². The zero-order valence-corrected chi connectivity index (χ0v) is 11.8. The lowest BCUT2D eigenvalue weighted by atomic mass is 9.79. The Bertz CT molecular complexity index is 496. The van der Waals surface area contributed by atoms with Crippen molar-refractivity contribution in [3.05, 3.63) is 23.8 Å². The predicted octanol–water partition coefficient (Wildman–Crippen LogP) is 2.42. The molecule has 3 aliphatic rings. The second kappa shape index (κ2) is 4.93. The summed E-state index contributed by atoms with van der Waals surface area (Å²) >= 11 is 0. The Hall–Kier alpha value is -1.26. The maximum absolute atomic E-state index is 5.63. The van der Waals surface area contributed by atoms with Crippen molar-refractivity contribution < 1.29 is 14.2 Å². The Morgan fingerprint density at radius 2 is 2.10 bits per heavy atom. The summed E-state index contributed by atoms with van der Waals surface area (Å²) in [6.07, 6.45) is 3.84. The monoisotopic (exact) mass is 275 g/mol. The van der Waals surface area contributed by atoms with Crippen LogP contribution in [0.4, 0.5) is 0 Å². The molecule has 0 aromatic heterocycles. The Labute approximate surface area is 119 Å². The third-order valence-corrected chi connectivity index (χ3v) is 4.77. The highest BCUT2D eigenvalue weighted by Gasteiger charge is 2.38. The minimum atomic E-state index is 0.350. The molecule has 0 unspecified atom stereocenters. The highest BCUT2D eigenvalue weighted by molar-refractivity contribution is 5.44. The van der Waals surface area contributed by atoms with Crippen LogP contribution in [-0.4, -0.2) is 38.0 Å². The number of hydrogen-bond acceptors (Lipinski definition) is 4. The molecule has 3 aliphatic heterocycles. The molecule has 20 heavy (non-hydrogen) atoms. The van der Waals surface area contributed by atoms with E-state index in [1.54, 1.807) is 0 Å². The van der Waals surface area contributed by atoms with Crippen molar-refractivity contribution >= 4 is 0 Å². The van der Waals surface area contributed by atoms with E-state index in [9.17, 15) is 0 Å². The molecule has 0 aliphatic carbocycles. The molecule has 0 saturated carbocycles. The maximum Gasteiger partial charge on any atom is 0.231 e. The standard InChI is InChI=1S/C16H21NO3/c1-4-16(5-7-18-11-16)10-17(6-1)9-13-2-3-14-15(8-13)20-12-19-14/h2-3,8H,1,4-7,9-12H2/t16-/m0/s1. The van der Waals surface area contributed by atoms with E-state index in [2.05, 4.69) is 17.0 Å². The SMILES string of the molecule is c1cc2c(cc1CN1CCC[C@]3(CCOC3)C1)OCO2. The zero-order valence-electron chi connectivity index (χ0n) is 11.8. The molecule has 2 fully saturated rings. The lowest BCUT2D eigenvalue weighted by molar-refractivity contribution is 0.0645. The van der Waals surface area contributed by atoms with Gasteiger partial charge in [0.15, 0.2) is 11.5 Å². The van der Waals surface area contributed by atoms with Gasteiger partial charge >= 0.3 is 0 Å². The third-order valence-electron chi connectivity index (χ3n) is 4.77. The first-order chi connectivity index (χ1) is 9.83. The fraction of sp³-hybridized carbons (Fsp3) is 0.625. The molecule has 3 heterocycles. The minimum Gasteiger partial charge on any atom is -0.454 e. The maximum atomic E-state index is 5.63. The van der Waals surface area contributed by atoms with Gasteiger partial charge in [0.2, 0.25) is 6.79 Å². The summed E-state index contributed by atoms with van der Waals surface area (Å²) in [6.45, 7) is 5.60. The number of fused-ring (bicyclic) bond motifs is 1. The minimum absolute atomic E-state index is 0.350. The van der Waals surface area contributed by atoms with E-state index in [-0.39, 0.29) is 0 Å². The lowest BCUT2D eigenvalue weighted by Gasteiger charge is -2.39. The number of ether oxygens (including phenoxy) is 3. The average Bonchev–Trinajstić information content (AvgIpc) is 3.08. The first kappa shape index (κ1) is 12.5. The summed E-state index contributed by atoms with van der Waals surface area (Å²) in [7, 11) is 0. The van der Waals surface area contributed by atoms with E-state index < -0.39 is 0 Å². The highest BCUT2D eigenvalue weighted by atomic mass is 16.7. The van der Waals surface area contributed by atoms with Gasteiger partial charge in [0.25, 0.3) is 0 Å². The molecule has 4 heteroatoms. The molecule has 1 spiro atoms. The fourth-order valence-corrected chi connectivity index (χ4v) is 3.71. The van der Waals surface area contributed by atoms with Gasteiger partial charge in [0.1, 0.15) is 0 Å². The summed E-state index contributed by atoms with van der Waals surface area (Å²) in [5.41, 5.74) is 1.74.